The molecule has 1 aromatic carbocycles. The summed E-state index contributed by atoms with van der Waals surface area (Å²) in [5.41, 5.74) is -1.08. The van der Waals surface area contributed by atoms with Crippen molar-refractivity contribution < 1.29 is 18.0 Å². The Morgan fingerprint density at radius 3 is 2.18 bits per heavy atom. The van der Waals surface area contributed by atoms with Crippen LogP contribution >= 0.6 is 22.6 Å². The molecule has 0 unspecified atom stereocenters. The van der Waals surface area contributed by atoms with Crippen LogP contribution in [0.5, 0.6) is 0 Å². The lowest BCUT2D eigenvalue weighted by Gasteiger charge is -2.25. The summed E-state index contributed by atoms with van der Waals surface area (Å²) < 4.78 is 39.7. The molecule has 22 heavy (non-hydrogen) atoms. The number of alkyl halides is 3. The lowest BCUT2D eigenvalue weighted by atomic mass is 9.83. The number of benzene rings is 1. The number of nitrogens with zero attached hydrogens (tertiary/aromatic N) is 1. The normalized spacial score (nSPS) is 20.0. The number of halogens is 4. The van der Waals surface area contributed by atoms with Gasteiger partial charge >= 0.3 is 6.18 Å². The third-order valence-corrected chi connectivity index (χ3v) is 4.51. The zero-order valence-electron chi connectivity index (χ0n) is 11.1. The van der Waals surface area contributed by atoms with Gasteiger partial charge in [0, 0.05) is 5.57 Å². The molecule has 1 aliphatic heterocycles. The number of allylic oxidation sites excluding steroid dienone is 3. The van der Waals surface area contributed by atoms with Crippen molar-refractivity contribution >= 4 is 39.7 Å². The van der Waals surface area contributed by atoms with Crippen LogP contribution in [0.3, 0.4) is 0 Å². The van der Waals surface area contributed by atoms with E-state index < -0.39 is 17.4 Å². The summed E-state index contributed by atoms with van der Waals surface area (Å²) in [5, 5.41) is 0. The number of carbonyl (C=O) groups excluding carboxylic acids is 1. The predicted molar refractivity (Wildman–Crippen MR) is 86.9 cm³/mol. The molecule has 0 aromatic heterocycles. The molecule has 0 saturated carbocycles. The molecule has 0 N–H and O–H groups in total. The van der Waals surface area contributed by atoms with Gasteiger partial charge in [0.15, 0.2) is 11.5 Å². The minimum absolute atomic E-state index is 0.0555. The standard InChI is InChI=1S/C16H9F3INO/c17-16(18,19)14-13(20)12(10-4-2-1-3-5-10)15(21-14)8-6-11(22)7-9-15/h1-9H. The molecular formula is C16H9F3INO. The maximum Gasteiger partial charge on any atom is 0.434 e. The van der Waals surface area contributed by atoms with Gasteiger partial charge in [-0.1, -0.05) is 30.3 Å². The smallest absolute Gasteiger partial charge is 0.290 e. The van der Waals surface area contributed by atoms with Crippen LogP contribution in [0.1, 0.15) is 5.56 Å². The molecule has 6 heteroatoms. The SMILES string of the molecule is O=C1C=CC2(C=C1)N=C(C(F)(F)F)C(I)=C2c1ccccc1. The number of carbonyl (C=O) groups is 1. The minimum atomic E-state index is -4.54. The van der Waals surface area contributed by atoms with E-state index in [4.69, 9.17) is 0 Å². The Labute approximate surface area is 138 Å². The van der Waals surface area contributed by atoms with E-state index in [0.717, 1.165) is 0 Å². The first-order chi connectivity index (χ1) is 10.3. The fourth-order valence-corrected chi connectivity index (χ4v) is 3.68. The number of aliphatic imine (C=N–C) groups is 1. The van der Waals surface area contributed by atoms with Crippen molar-refractivity contribution in [1.29, 1.82) is 0 Å². The van der Waals surface area contributed by atoms with Gasteiger partial charge in [-0.2, -0.15) is 13.2 Å². The van der Waals surface area contributed by atoms with Crippen LogP contribution in [0.25, 0.3) is 5.57 Å². The molecule has 1 aliphatic carbocycles. The molecule has 1 spiro atoms. The Balaban J connectivity index is 2.24. The van der Waals surface area contributed by atoms with E-state index in [2.05, 4.69) is 4.99 Å². The summed E-state index contributed by atoms with van der Waals surface area (Å²) in [7, 11) is 0. The summed E-state index contributed by atoms with van der Waals surface area (Å²) in [6, 6.07) is 8.78. The zero-order valence-corrected chi connectivity index (χ0v) is 13.2. The number of ketones is 1. The molecular weight excluding hydrogens is 406 g/mol. The number of hydrogen-bond acceptors (Lipinski definition) is 2. The maximum absolute atomic E-state index is 13.2. The van der Waals surface area contributed by atoms with E-state index in [1.165, 1.54) is 24.3 Å². The van der Waals surface area contributed by atoms with Crippen molar-refractivity contribution in [3.63, 3.8) is 0 Å². The first-order valence-corrected chi connectivity index (χ1v) is 7.47. The lowest BCUT2D eigenvalue weighted by Crippen LogP contribution is -2.25. The summed E-state index contributed by atoms with van der Waals surface area (Å²) in [5.74, 6) is -0.260. The Bertz CT molecular complexity index is 741. The molecule has 112 valence electrons. The fraction of sp³-hybridized carbons (Fsp3) is 0.125. The first kappa shape index (κ1) is 15.2. The van der Waals surface area contributed by atoms with E-state index in [1.54, 1.807) is 52.9 Å². The molecule has 0 atom stereocenters. The summed E-state index contributed by atoms with van der Waals surface area (Å²) >= 11 is 1.68. The van der Waals surface area contributed by atoms with Gasteiger partial charge in [0.2, 0.25) is 0 Å². The Morgan fingerprint density at radius 1 is 1.05 bits per heavy atom. The third kappa shape index (κ3) is 2.45. The molecule has 0 fully saturated rings. The lowest BCUT2D eigenvalue weighted by molar-refractivity contribution is -0.110. The molecule has 2 aliphatic rings. The van der Waals surface area contributed by atoms with Crippen LogP contribution in [-0.4, -0.2) is 23.2 Å². The molecule has 1 heterocycles. The van der Waals surface area contributed by atoms with Gasteiger partial charge in [0.25, 0.3) is 0 Å². The average molecular weight is 415 g/mol. The molecule has 0 saturated heterocycles. The Hall–Kier alpha value is -1.70. The van der Waals surface area contributed by atoms with E-state index in [-0.39, 0.29) is 9.36 Å². The number of hydrogen-bond donors (Lipinski definition) is 0. The largest absolute Gasteiger partial charge is 0.434 e. The van der Waals surface area contributed by atoms with Crippen molar-refractivity contribution in [3.8, 4) is 0 Å². The van der Waals surface area contributed by atoms with Crippen molar-refractivity contribution in [1.82, 2.24) is 0 Å². The number of rotatable bonds is 1. The minimum Gasteiger partial charge on any atom is -0.290 e. The Kier molecular flexibility index (Phi) is 3.58. The summed E-state index contributed by atoms with van der Waals surface area (Å²) in [6.07, 6.45) is 0.832. The molecule has 3 rings (SSSR count). The Morgan fingerprint density at radius 2 is 1.64 bits per heavy atom. The molecule has 0 radical (unpaired) electrons. The van der Waals surface area contributed by atoms with Crippen LogP contribution in [0.15, 0.2) is 63.2 Å². The van der Waals surface area contributed by atoms with E-state index in [1.807, 2.05) is 0 Å². The molecule has 2 nitrogen and oxygen atoms in total. The van der Waals surface area contributed by atoms with Gasteiger partial charge in [-0.05, 0) is 52.5 Å². The zero-order chi connectivity index (χ0) is 16.0. The van der Waals surface area contributed by atoms with Gasteiger partial charge < -0.3 is 0 Å². The third-order valence-electron chi connectivity index (χ3n) is 3.46. The maximum atomic E-state index is 13.2. The van der Waals surface area contributed by atoms with Crippen LogP contribution in [0.4, 0.5) is 13.2 Å². The van der Waals surface area contributed by atoms with Crippen molar-refractivity contribution in [2.24, 2.45) is 4.99 Å². The van der Waals surface area contributed by atoms with Gasteiger partial charge in [0.1, 0.15) is 5.54 Å². The first-order valence-electron chi connectivity index (χ1n) is 6.39. The molecule has 0 amide bonds. The quantitative estimate of drug-likeness (QED) is 0.630. The van der Waals surface area contributed by atoms with Gasteiger partial charge in [-0.25, -0.2) is 0 Å². The van der Waals surface area contributed by atoms with Crippen LogP contribution in [0, 0.1) is 0 Å². The second-order valence-electron chi connectivity index (χ2n) is 4.91. The fourth-order valence-electron chi connectivity index (χ4n) is 2.51. The topological polar surface area (TPSA) is 29.4 Å². The van der Waals surface area contributed by atoms with Crippen LogP contribution < -0.4 is 0 Å². The van der Waals surface area contributed by atoms with Crippen molar-refractivity contribution in [2.75, 3.05) is 0 Å². The summed E-state index contributed by atoms with van der Waals surface area (Å²) in [4.78, 5) is 15.3. The van der Waals surface area contributed by atoms with E-state index >= 15 is 0 Å². The van der Waals surface area contributed by atoms with Crippen LogP contribution in [-0.2, 0) is 4.79 Å². The monoisotopic (exact) mass is 415 g/mol. The van der Waals surface area contributed by atoms with E-state index in [0.29, 0.717) is 11.1 Å². The van der Waals surface area contributed by atoms with Gasteiger partial charge in [-0.15, -0.1) is 0 Å². The van der Waals surface area contributed by atoms with E-state index in [9.17, 15) is 18.0 Å². The average Bonchev–Trinajstić information content (AvgIpc) is 2.76. The second-order valence-corrected chi connectivity index (χ2v) is 5.99. The van der Waals surface area contributed by atoms with Crippen LogP contribution in [0.2, 0.25) is 0 Å². The highest BCUT2D eigenvalue weighted by Crippen LogP contribution is 2.47. The highest BCUT2D eigenvalue weighted by atomic mass is 127. The van der Waals surface area contributed by atoms with Gasteiger partial charge in [0.05, 0.1) is 3.58 Å². The second kappa shape index (κ2) is 5.19. The molecule has 0 bridgehead atoms. The highest BCUT2D eigenvalue weighted by Gasteiger charge is 2.48. The highest BCUT2D eigenvalue weighted by molar-refractivity contribution is 14.1. The van der Waals surface area contributed by atoms with Gasteiger partial charge in [-0.3, -0.25) is 9.79 Å². The predicted octanol–water partition coefficient (Wildman–Crippen LogP) is 4.28. The van der Waals surface area contributed by atoms with Crippen molar-refractivity contribution in [3.05, 3.63) is 63.8 Å². The molecule has 1 aromatic rings. The summed E-state index contributed by atoms with van der Waals surface area (Å²) in [6.45, 7) is 0. The van der Waals surface area contributed by atoms with Crippen molar-refractivity contribution in [2.45, 2.75) is 11.7 Å².